The smallest absolute Gasteiger partial charge is 0.0784 e. The fourth-order valence-electron chi connectivity index (χ4n) is 8.58. The third kappa shape index (κ3) is 44.6. The first-order chi connectivity index (χ1) is 25.2. The average molecular weight is 755 g/mol. The van der Waals surface area contributed by atoms with Crippen LogP contribution in [0.15, 0.2) is 0 Å². The van der Waals surface area contributed by atoms with Gasteiger partial charge in [-0.2, -0.15) is 0 Å². The van der Waals surface area contributed by atoms with Gasteiger partial charge in [0, 0.05) is 0 Å². The second-order valence-corrected chi connectivity index (χ2v) is 17.9. The van der Waals surface area contributed by atoms with Crippen molar-refractivity contribution in [1.82, 2.24) is 0 Å². The number of hydrogen-bond acceptors (Lipinski definition) is 0. The molecule has 0 aliphatic carbocycles. The largest absolute Gasteiger partial charge is 1.00 e. The Morgan fingerprint density at radius 2 is 0.308 bits per heavy atom. The second kappa shape index (κ2) is 47.4. The van der Waals surface area contributed by atoms with Gasteiger partial charge in [-0.05, 0) is 38.5 Å². The Morgan fingerprint density at radius 3 is 0.442 bits per heavy atom. The monoisotopic (exact) mass is 754 g/mol. The van der Waals surface area contributed by atoms with E-state index in [1.54, 1.807) is 0 Å². The van der Waals surface area contributed by atoms with Gasteiger partial charge in [-0.25, -0.2) is 0 Å². The van der Waals surface area contributed by atoms with Gasteiger partial charge in [0.25, 0.3) is 0 Å². The Morgan fingerprint density at radius 1 is 0.192 bits per heavy atom. The standard InChI is InChI=1S/C50H104N.ClH/c1-5-8-11-14-17-20-23-26-29-32-35-38-41-44-47-50-51(4,48-45-42-39-36-33-30-27-24-21-18-15-12-9-6-2)49-46-43-40-37-34-31-28-25-22-19-16-13-10-7-3;/h5-50H2,1-4H3;1H/q+1;/p-1. The summed E-state index contributed by atoms with van der Waals surface area (Å²) in [6.45, 7) is 11.3. The molecule has 0 heterocycles. The summed E-state index contributed by atoms with van der Waals surface area (Å²) in [7, 11) is 2.63. The van der Waals surface area contributed by atoms with Crippen LogP contribution >= 0.6 is 0 Å². The zero-order chi connectivity index (χ0) is 37.0. The van der Waals surface area contributed by atoms with E-state index in [0.29, 0.717) is 0 Å². The van der Waals surface area contributed by atoms with Crippen LogP contribution in [0, 0.1) is 0 Å². The maximum Gasteiger partial charge on any atom is 0.0784 e. The molecule has 0 atom stereocenters. The minimum Gasteiger partial charge on any atom is -1.00 e. The van der Waals surface area contributed by atoms with Crippen LogP contribution in [-0.4, -0.2) is 31.2 Å². The summed E-state index contributed by atoms with van der Waals surface area (Å²) >= 11 is 0. The normalized spacial score (nSPS) is 11.8. The minimum absolute atomic E-state index is 0. The zero-order valence-electron chi connectivity index (χ0n) is 37.4. The van der Waals surface area contributed by atoms with E-state index < -0.39 is 0 Å². The van der Waals surface area contributed by atoms with Crippen LogP contribution in [-0.2, 0) is 0 Å². The molecule has 0 N–H and O–H groups in total. The van der Waals surface area contributed by atoms with E-state index in [1.807, 2.05) is 0 Å². The van der Waals surface area contributed by atoms with Gasteiger partial charge in [0.2, 0.25) is 0 Å². The van der Waals surface area contributed by atoms with E-state index in [4.69, 9.17) is 0 Å². The van der Waals surface area contributed by atoms with Gasteiger partial charge in [-0.3, -0.25) is 0 Å². The molecule has 52 heavy (non-hydrogen) atoms. The van der Waals surface area contributed by atoms with Crippen LogP contribution in [0.3, 0.4) is 0 Å². The molecule has 0 aromatic rings. The molecule has 316 valence electrons. The lowest BCUT2D eigenvalue weighted by Crippen LogP contribution is -3.00. The van der Waals surface area contributed by atoms with E-state index in [2.05, 4.69) is 27.8 Å². The Kier molecular flexibility index (Phi) is 49.5. The maximum absolute atomic E-state index is 2.63. The highest BCUT2D eigenvalue weighted by Crippen LogP contribution is 2.19. The number of halogens is 1. The highest BCUT2D eigenvalue weighted by atomic mass is 35.5. The van der Waals surface area contributed by atoms with E-state index in [9.17, 15) is 0 Å². The Hall–Kier alpha value is 0.250. The fourth-order valence-corrected chi connectivity index (χ4v) is 8.58. The van der Waals surface area contributed by atoms with Crippen molar-refractivity contribution in [2.24, 2.45) is 0 Å². The summed E-state index contributed by atoms with van der Waals surface area (Å²) in [5.74, 6) is 0. The maximum atomic E-state index is 2.63. The highest BCUT2D eigenvalue weighted by molar-refractivity contribution is 4.54. The average Bonchev–Trinajstić information content (AvgIpc) is 3.13. The van der Waals surface area contributed by atoms with Crippen molar-refractivity contribution in [2.75, 3.05) is 26.7 Å². The van der Waals surface area contributed by atoms with Crippen molar-refractivity contribution in [3.8, 4) is 0 Å². The van der Waals surface area contributed by atoms with Crippen molar-refractivity contribution in [3.63, 3.8) is 0 Å². The first-order valence-electron chi connectivity index (χ1n) is 25.0. The van der Waals surface area contributed by atoms with E-state index in [1.165, 1.54) is 300 Å². The van der Waals surface area contributed by atoms with Crippen molar-refractivity contribution in [1.29, 1.82) is 0 Å². The Bertz CT molecular complexity index is 573. The summed E-state index contributed by atoms with van der Waals surface area (Å²) in [4.78, 5) is 0. The lowest BCUT2D eigenvalue weighted by molar-refractivity contribution is -0.910. The third-order valence-corrected chi connectivity index (χ3v) is 12.4. The molecule has 0 amide bonds. The Labute approximate surface area is 339 Å². The second-order valence-electron chi connectivity index (χ2n) is 17.9. The van der Waals surface area contributed by atoms with Crippen LogP contribution in [0.5, 0.6) is 0 Å². The minimum atomic E-state index is 0. The predicted octanol–water partition coefficient (Wildman–Crippen LogP) is 15.3. The number of rotatable bonds is 46. The molecule has 0 spiro atoms. The van der Waals surface area contributed by atoms with Crippen LogP contribution in [0.1, 0.15) is 297 Å². The molecule has 0 aromatic carbocycles. The third-order valence-electron chi connectivity index (χ3n) is 12.4. The number of nitrogens with zero attached hydrogens (tertiary/aromatic N) is 1. The van der Waals surface area contributed by atoms with E-state index >= 15 is 0 Å². The summed E-state index contributed by atoms with van der Waals surface area (Å²) in [5, 5.41) is 0. The van der Waals surface area contributed by atoms with E-state index in [-0.39, 0.29) is 12.4 Å². The molecule has 0 radical (unpaired) electrons. The molecule has 0 fully saturated rings. The van der Waals surface area contributed by atoms with Gasteiger partial charge < -0.3 is 16.9 Å². The van der Waals surface area contributed by atoms with Crippen molar-refractivity contribution >= 4 is 0 Å². The van der Waals surface area contributed by atoms with Crippen molar-refractivity contribution < 1.29 is 16.9 Å². The fraction of sp³-hybridized carbons (Fsp3) is 1.00. The van der Waals surface area contributed by atoms with Crippen LogP contribution in [0.2, 0.25) is 0 Å². The zero-order valence-corrected chi connectivity index (χ0v) is 38.1. The molecular formula is C50H104ClN. The molecule has 0 rings (SSSR count). The lowest BCUT2D eigenvalue weighted by atomic mass is 10.0. The van der Waals surface area contributed by atoms with Crippen molar-refractivity contribution in [2.45, 2.75) is 297 Å². The van der Waals surface area contributed by atoms with Crippen molar-refractivity contribution in [3.05, 3.63) is 0 Å². The quantitative estimate of drug-likeness (QED) is 0.0429. The van der Waals surface area contributed by atoms with Gasteiger partial charge in [-0.1, -0.05) is 258 Å². The molecule has 0 aliphatic heterocycles. The SMILES string of the molecule is CCCCCCCCCCCCCCCCC[N+](C)(CCCCCCCCCCCCCCCC)CCCCCCCCCCCCCCCC.[Cl-]. The molecular weight excluding hydrogens is 650 g/mol. The van der Waals surface area contributed by atoms with Gasteiger partial charge in [-0.15, -0.1) is 0 Å². The van der Waals surface area contributed by atoms with Gasteiger partial charge in [0.1, 0.15) is 0 Å². The predicted molar refractivity (Wildman–Crippen MR) is 236 cm³/mol. The number of hydrogen-bond donors (Lipinski definition) is 0. The van der Waals surface area contributed by atoms with Gasteiger partial charge in [0.05, 0.1) is 26.7 Å². The van der Waals surface area contributed by atoms with Crippen LogP contribution in [0.4, 0.5) is 0 Å². The first-order valence-corrected chi connectivity index (χ1v) is 25.0. The van der Waals surface area contributed by atoms with Crippen LogP contribution in [0.25, 0.3) is 0 Å². The lowest BCUT2D eigenvalue weighted by Gasteiger charge is -2.35. The van der Waals surface area contributed by atoms with Crippen LogP contribution < -0.4 is 12.4 Å². The number of unbranched alkanes of at least 4 members (excludes halogenated alkanes) is 40. The number of quaternary nitrogens is 1. The molecule has 2 heteroatoms. The molecule has 0 aromatic heterocycles. The van der Waals surface area contributed by atoms with E-state index in [0.717, 1.165) is 0 Å². The first kappa shape index (κ1) is 54.4. The summed E-state index contributed by atoms with van der Waals surface area (Å²) in [6.07, 6.45) is 63.2. The highest BCUT2D eigenvalue weighted by Gasteiger charge is 2.20. The summed E-state index contributed by atoms with van der Waals surface area (Å²) in [6, 6.07) is 0. The van der Waals surface area contributed by atoms with Gasteiger partial charge >= 0.3 is 0 Å². The molecule has 0 saturated heterocycles. The topological polar surface area (TPSA) is 0 Å². The summed E-state index contributed by atoms with van der Waals surface area (Å²) in [5.41, 5.74) is 0. The molecule has 0 bridgehead atoms. The molecule has 1 nitrogen and oxygen atoms in total. The van der Waals surface area contributed by atoms with Gasteiger partial charge in [0.15, 0.2) is 0 Å². The molecule has 0 unspecified atom stereocenters. The molecule has 0 saturated carbocycles. The summed E-state index contributed by atoms with van der Waals surface area (Å²) < 4.78 is 1.37. The Balaban J connectivity index is 0. The molecule has 0 aliphatic rings.